The molecule has 0 spiro atoms. The summed E-state index contributed by atoms with van der Waals surface area (Å²) < 4.78 is 27.7. The van der Waals surface area contributed by atoms with E-state index in [1.807, 2.05) is 0 Å². The molecule has 2 rings (SSSR count). The lowest BCUT2D eigenvalue weighted by Crippen LogP contribution is -2.49. The highest BCUT2D eigenvalue weighted by atomic mass is 19.1. The van der Waals surface area contributed by atoms with Crippen LogP contribution in [0.3, 0.4) is 0 Å². The predicted molar refractivity (Wildman–Crippen MR) is 99.5 cm³/mol. The molecule has 0 aliphatic carbocycles. The van der Waals surface area contributed by atoms with Gasteiger partial charge in [0.2, 0.25) is 11.8 Å². The zero-order valence-electron chi connectivity index (χ0n) is 16.9. The lowest BCUT2D eigenvalue weighted by Gasteiger charge is -2.25. The van der Waals surface area contributed by atoms with E-state index in [1.54, 1.807) is 20.8 Å². The molecule has 0 radical (unpaired) electrons. The summed E-state index contributed by atoms with van der Waals surface area (Å²) >= 11 is 0. The number of urea groups is 1. The smallest absolute Gasteiger partial charge is 0.325 e. The first kappa shape index (κ1) is 22.3. The fourth-order valence-electron chi connectivity index (χ4n) is 2.92. The summed E-state index contributed by atoms with van der Waals surface area (Å²) in [5.41, 5.74) is -2.68. The fraction of sp³-hybridized carbons (Fsp3) is 0.474. The van der Waals surface area contributed by atoms with Crippen LogP contribution in [0.1, 0.15) is 33.3 Å². The Hall–Kier alpha value is -3.04. The summed E-state index contributed by atoms with van der Waals surface area (Å²) in [5.74, 6) is -3.61. The first-order chi connectivity index (χ1) is 13.2. The maximum absolute atomic E-state index is 14.2. The summed E-state index contributed by atoms with van der Waals surface area (Å²) in [5, 5.41) is 5.00. The van der Waals surface area contributed by atoms with Crippen LogP contribution in [-0.2, 0) is 19.9 Å². The van der Waals surface area contributed by atoms with E-state index in [9.17, 15) is 28.0 Å². The van der Waals surface area contributed by atoms with Crippen molar-refractivity contribution < 1.29 is 28.0 Å². The average Bonchev–Trinajstić information content (AvgIpc) is 2.79. The van der Waals surface area contributed by atoms with Crippen molar-refractivity contribution in [3.05, 3.63) is 35.4 Å². The Kier molecular flexibility index (Phi) is 5.96. The summed E-state index contributed by atoms with van der Waals surface area (Å²) in [6.45, 7) is 5.67. The molecule has 1 fully saturated rings. The maximum atomic E-state index is 14.2. The van der Waals surface area contributed by atoms with Gasteiger partial charge in [0, 0.05) is 18.2 Å². The van der Waals surface area contributed by atoms with Crippen molar-refractivity contribution in [3.63, 3.8) is 0 Å². The van der Waals surface area contributed by atoms with E-state index >= 15 is 0 Å². The van der Waals surface area contributed by atoms with Crippen LogP contribution in [0.4, 0.5) is 13.6 Å². The van der Waals surface area contributed by atoms with Gasteiger partial charge in [0.15, 0.2) is 0 Å². The Bertz CT molecular complexity index is 868. The van der Waals surface area contributed by atoms with Crippen molar-refractivity contribution in [1.29, 1.82) is 0 Å². The molecule has 10 heteroatoms. The van der Waals surface area contributed by atoms with Crippen LogP contribution in [0.5, 0.6) is 0 Å². The van der Waals surface area contributed by atoms with Gasteiger partial charge in [-0.05, 0) is 45.9 Å². The van der Waals surface area contributed by atoms with Crippen LogP contribution in [0, 0.1) is 11.6 Å². The molecule has 1 saturated heterocycles. The second kappa shape index (κ2) is 7.76. The highest BCUT2D eigenvalue weighted by Gasteiger charge is 2.51. The number of hydrogen-bond donors (Lipinski definition) is 2. The number of nitrogens with zero attached hydrogens (tertiary/aromatic N) is 2. The lowest BCUT2D eigenvalue weighted by atomic mass is 9.91. The van der Waals surface area contributed by atoms with Crippen LogP contribution < -0.4 is 10.6 Å². The SMILES string of the molecule is CN(CC(=O)NC(C)(C)C)C(=O)CN1C(=O)NC(C)(c2cc(F)ccc2F)C1=O. The maximum Gasteiger partial charge on any atom is 0.325 e. The van der Waals surface area contributed by atoms with Crippen LogP contribution in [0.2, 0.25) is 0 Å². The topological polar surface area (TPSA) is 98.8 Å². The molecule has 1 aliphatic rings. The first-order valence-corrected chi connectivity index (χ1v) is 8.89. The minimum Gasteiger partial charge on any atom is -0.350 e. The van der Waals surface area contributed by atoms with Gasteiger partial charge in [-0.15, -0.1) is 0 Å². The average molecular weight is 410 g/mol. The Balaban J connectivity index is 2.13. The molecule has 1 aromatic carbocycles. The van der Waals surface area contributed by atoms with Gasteiger partial charge in [-0.3, -0.25) is 19.3 Å². The zero-order valence-corrected chi connectivity index (χ0v) is 16.9. The molecule has 1 aliphatic heterocycles. The number of imide groups is 1. The van der Waals surface area contributed by atoms with Crippen molar-refractivity contribution in [3.8, 4) is 0 Å². The van der Waals surface area contributed by atoms with Crippen molar-refractivity contribution >= 4 is 23.8 Å². The molecule has 8 nitrogen and oxygen atoms in total. The number of benzene rings is 1. The van der Waals surface area contributed by atoms with Crippen LogP contribution in [-0.4, -0.2) is 59.2 Å². The van der Waals surface area contributed by atoms with Crippen LogP contribution in [0.15, 0.2) is 18.2 Å². The Morgan fingerprint density at radius 3 is 2.45 bits per heavy atom. The van der Waals surface area contributed by atoms with E-state index in [0.29, 0.717) is 4.90 Å². The number of rotatable bonds is 5. The van der Waals surface area contributed by atoms with Gasteiger partial charge in [-0.1, -0.05) is 0 Å². The van der Waals surface area contributed by atoms with E-state index in [-0.39, 0.29) is 12.1 Å². The van der Waals surface area contributed by atoms with Gasteiger partial charge >= 0.3 is 6.03 Å². The third kappa shape index (κ3) is 4.87. The van der Waals surface area contributed by atoms with Gasteiger partial charge in [-0.2, -0.15) is 0 Å². The second-order valence-corrected chi connectivity index (χ2v) is 8.12. The Labute approximate surface area is 167 Å². The molecule has 0 bridgehead atoms. The molecule has 0 saturated carbocycles. The molecule has 1 unspecified atom stereocenters. The fourth-order valence-corrected chi connectivity index (χ4v) is 2.92. The number of halogens is 2. The highest BCUT2D eigenvalue weighted by Crippen LogP contribution is 2.31. The number of amides is 5. The number of carbonyl (C=O) groups is 4. The summed E-state index contributed by atoms with van der Waals surface area (Å²) in [6, 6.07) is 1.65. The zero-order chi connectivity index (χ0) is 22.1. The Morgan fingerprint density at radius 2 is 1.86 bits per heavy atom. The van der Waals surface area contributed by atoms with E-state index in [2.05, 4.69) is 10.6 Å². The van der Waals surface area contributed by atoms with Crippen LogP contribution >= 0.6 is 0 Å². The normalized spacial score (nSPS) is 19.2. The largest absolute Gasteiger partial charge is 0.350 e. The van der Waals surface area contributed by atoms with Crippen molar-refractivity contribution in [1.82, 2.24) is 20.4 Å². The van der Waals surface area contributed by atoms with Gasteiger partial charge in [0.05, 0.1) is 6.54 Å². The summed E-state index contributed by atoms with van der Waals surface area (Å²) in [7, 11) is 1.36. The third-order valence-electron chi connectivity index (χ3n) is 4.36. The van der Waals surface area contributed by atoms with Crippen LogP contribution in [0.25, 0.3) is 0 Å². The third-order valence-corrected chi connectivity index (χ3v) is 4.36. The van der Waals surface area contributed by atoms with Crippen molar-refractivity contribution in [2.75, 3.05) is 20.1 Å². The van der Waals surface area contributed by atoms with E-state index in [1.165, 1.54) is 14.0 Å². The van der Waals surface area contributed by atoms with Crippen molar-refractivity contribution in [2.45, 2.75) is 38.8 Å². The molecule has 158 valence electrons. The number of carbonyl (C=O) groups excluding carboxylic acids is 4. The predicted octanol–water partition coefficient (Wildman–Crippen LogP) is 1.10. The molecule has 2 N–H and O–H groups in total. The first-order valence-electron chi connectivity index (χ1n) is 8.89. The molecule has 1 atom stereocenters. The quantitative estimate of drug-likeness (QED) is 0.711. The summed E-state index contributed by atoms with van der Waals surface area (Å²) in [4.78, 5) is 51.1. The van der Waals surface area contributed by atoms with E-state index in [4.69, 9.17) is 0 Å². The highest BCUT2D eigenvalue weighted by molar-refractivity contribution is 6.09. The number of likely N-dealkylation sites (N-methyl/N-ethyl adjacent to an activating group) is 1. The van der Waals surface area contributed by atoms with E-state index < -0.39 is 53.0 Å². The molecule has 5 amide bonds. The Morgan fingerprint density at radius 1 is 1.24 bits per heavy atom. The molecule has 29 heavy (non-hydrogen) atoms. The van der Waals surface area contributed by atoms with E-state index in [0.717, 1.165) is 23.1 Å². The molecule has 1 heterocycles. The second-order valence-electron chi connectivity index (χ2n) is 8.12. The monoisotopic (exact) mass is 410 g/mol. The molecular weight excluding hydrogens is 386 g/mol. The van der Waals surface area contributed by atoms with Crippen molar-refractivity contribution in [2.24, 2.45) is 0 Å². The summed E-state index contributed by atoms with van der Waals surface area (Å²) in [6.07, 6.45) is 0. The standard InChI is InChI=1S/C19H24F2N4O4/c1-18(2,3)22-14(26)9-24(5)15(27)10-25-16(28)19(4,23-17(25)29)12-8-11(20)6-7-13(12)21/h6-8H,9-10H2,1-5H3,(H,22,26)(H,23,29). The number of nitrogens with one attached hydrogen (secondary N) is 2. The number of hydrogen-bond acceptors (Lipinski definition) is 4. The molecule has 0 aromatic heterocycles. The minimum atomic E-state index is -1.86. The molecular formula is C19H24F2N4O4. The molecule has 1 aromatic rings. The van der Waals surface area contributed by atoms with Gasteiger partial charge in [-0.25, -0.2) is 13.6 Å². The minimum absolute atomic E-state index is 0.268. The van der Waals surface area contributed by atoms with Gasteiger partial charge < -0.3 is 15.5 Å². The lowest BCUT2D eigenvalue weighted by molar-refractivity contribution is -0.139. The van der Waals surface area contributed by atoms with Gasteiger partial charge in [0.25, 0.3) is 5.91 Å². The van der Waals surface area contributed by atoms with Gasteiger partial charge in [0.1, 0.15) is 23.7 Å².